The Morgan fingerprint density at radius 3 is 2.61 bits per heavy atom. The van der Waals surface area contributed by atoms with Crippen LogP contribution in [-0.4, -0.2) is 21.4 Å². The third-order valence-electron chi connectivity index (χ3n) is 4.00. The lowest BCUT2D eigenvalue weighted by Gasteiger charge is -2.29. The van der Waals surface area contributed by atoms with Crippen molar-refractivity contribution in [2.45, 2.75) is 19.9 Å². The molecule has 0 N–H and O–H groups in total. The van der Waals surface area contributed by atoms with Crippen LogP contribution in [0.2, 0.25) is 0 Å². The molecule has 1 aromatic heterocycles. The monoisotopic (exact) mass is 314 g/mol. The first kappa shape index (κ1) is 14.9. The van der Waals surface area contributed by atoms with E-state index in [2.05, 4.69) is 4.98 Å². The van der Waals surface area contributed by atoms with Crippen molar-refractivity contribution in [3.8, 4) is 0 Å². The van der Waals surface area contributed by atoms with Gasteiger partial charge < -0.3 is 4.90 Å². The number of rotatable bonds is 3. The number of hydrogen-bond acceptors (Lipinski definition) is 6. The van der Waals surface area contributed by atoms with Gasteiger partial charge in [-0.05, 0) is 30.5 Å². The van der Waals surface area contributed by atoms with Gasteiger partial charge in [-0.2, -0.15) is 0 Å². The van der Waals surface area contributed by atoms with Gasteiger partial charge in [-0.25, -0.2) is 4.98 Å². The van der Waals surface area contributed by atoms with Gasteiger partial charge in [0.2, 0.25) is 5.82 Å². The number of aromatic nitrogens is 1. The average Bonchev–Trinajstić information content (AvgIpc) is 2.53. The number of nitro groups is 2. The molecule has 1 aliphatic heterocycles. The number of hydrogen-bond donors (Lipinski definition) is 0. The van der Waals surface area contributed by atoms with E-state index in [-0.39, 0.29) is 11.4 Å². The molecule has 118 valence electrons. The van der Waals surface area contributed by atoms with E-state index in [1.807, 2.05) is 0 Å². The molecule has 0 fully saturated rings. The molecule has 8 nitrogen and oxygen atoms in total. The Kier molecular flexibility index (Phi) is 3.65. The van der Waals surface area contributed by atoms with Crippen LogP contribution in [-0.2, 0) is 13.0 Å². The largest absolute Gasteiger partial charge is 0.346 e. The lowest BCUT2D eigenvalue weighted by atomic mass is 9.99. The van der Waals surface area contributed by atoms with Gasteiger partial charge in [-0.3, -0.25) is 20.2 Å². The molecular formula is C15H14N4O4. The predicted molar refractivity (Wildman–Crippen MR) is 83.5 cm³/mol. The van der Waals surface area contributed by atoms with E-state index in [1.54, 1.807) is 30.2 Å². The highest BCUT2D eigenvalue weighted by Crippen LogP contribution is 2.33. The summed E-state index contributed by atoms with van der Waals surface area (Å²) in [6.45, 7) is 2.63. The maximum absolute atomic E-state index is 11.3. The van der Waals surface area contributed by atoms with Gasteiger partial charge in [0.15, 0.2) is 0 Å². The van der Waals surface area contributed by atoms with Gasteiger partial charge in [0, 0.05) is 37.0 Å². The van der Waals surface area contributed by atoms with Gasteiger partial charge in [0.05, 0.1) is 9.85 Å². The average molecular weight is 314 g/mol. The topological polar surface area (TPSA) is 102 Å². The maximum atomic E-state index is 11.3. The molecule has 0 saturated carbocycles. The quantitative estimate of drug-likeness (QED) is 0.637. The zero-order chi connectivity index (χ0) is 16.6. The van der Waals surface area contributed by atoms with E-state index in [9.17, 15) is 20.2 Å². The van der Waals surface area contributed by atoms with Crippen LogP contribution in [0.5, 0.6) is 0 Å². The number of nitro benzene ring substituents is 1. The minimum atomic E-state index is -0.438. The predicted octanol–water partition coefficient (Wildman–Crippen LogP) is 2.77. The van der Waals surface area contributed by atoms with Crippen LogP contribution >= 0.6 is 0 Å². The molecule has 1 aliphatic rings. The summed E-state index contributed by atoms with van der Waals surface area (Å²) in [5.41, 5.74) is 2.40. The first-order valence-corrected chi connectivity index (χ1v) is 7.08. The van der Waals surface area contributed by atoms with E-state index < -0.39 is 9.85 Å². The lowest BCUT2D eigenvalue weighted by molar-refractivity contribution is -0.384. The Hall–Kier alpha value is -3.03. The number of benzene rings is 1. The minimum absolute atomic E-state index is 0.0126. The highest BCUT2D eigenvalue weighted by molar-refractivity contribution is 5.62. The third kappa shape index (κ3) is 2.70. The van der Waals surface area contributed by atoms with Crippen LogP contribution in [0.3, 0.4) is 0 Å². The number of non-ortho nitro benzene ring substituents is 1. The van der Waals surface area contributed by atoms with Crippen LogP contribution < -0.4 is 4.90 Å². The van der Waals surface area contributed by atoms with Crippen molar-refractivity contribution in [1.29, 1.82) is 0 Å². The maximum Gasteiger partial charge on any atom is 0.314 e. The second-order valence-corrected chi connectivity index (χ2v) is 5.44. The van der Waals surface area contributed by atoms with Gasteiger partial charge in [-0.15, -0.1) is 0 Å². The van der Waals surface area contributed by atoms with Crippen molar-refractivity contribution in [2.24, 2.45) is 0 Å². The normalized spacial score (nSPS) is 13.5. The highest BCUT2D eigenvalue weighted by atomic mass is 16.6. The van der Waals surface area contributed by atoms with Crippen LogP contribution in [0.4, 0.5) is 17.2 Å². The fourth-order valence-corrected chi connectivity index (χ4v) is 2.83. The van der Waals surface area contributed by atoms with Crippen molar-refractivity contribution in [3.05, 3.63) is 67.4 Å². The molecule has 0 radical (unpaired) electrons. The summed E-state index contributed by atoms with van der Waals surface area (Å²) in [5, 5.41) is 22.2. The zero-order valence-corrected chi connectivity index (χ0v) is 12.4. The van der Waals surface area contributed by atoms with Gasteiger partial charge >= 0.3 is 5.69 Å². The Morgan fingerprint density at radius 1 is 1.13 bits per heavy atom. The second-order valence-electron chi connectivity index (χ2n) is 5.44. The molecule has 0 amide bonds. The third-order valence-corrected chi connectivity index (χ3v) is 4.00. The van der Waals surface area contributed by atoms with Crippen LogP contribution in [0.25, 0.3) is 0 Å². The molecular weight excluding hydrogens is 300 g/mol. The number of aryl methyl sites for hydroxylation is 1. The van der Waals surface area contributed by atoms with E-state index in [4.69, 9.17) is 0 Å². The summed E-state index contributed by atoms with van der Waals surface area (Å²) < 4.78 is 0. The Balaban J connectivity index is 1.99. The van der Waals surface area contributed by atoms with Crippen LogP contribution in [0.1, 0.15) is 16.7 Å². The van der Waals surface area contributed by atoms with Crippen molar-refractivity contribution < 1.29 is 9.85 Å². The van der Waals surface area contributed by atoms with Crippen LogP contribution in [0, 0.1) is 27.2 Å². The number of fused-ring (bicyclic) bond motifs is 1. The Morgan fingerprint density at radius 2 is 1.91 bits per heavy atom. The van der Waals surface area contributed by atoms with E-state index in [0.29, 0.717) is 30.9 Å². The van der Waals surface area contributed by atoms with Crippen LogP contribution in [0.15, 0.2) is 30.5 Å². The molecule has 0 aliphatic carbocycles. The summed E-state index contributed by atoms with van der Waals surface area (Å²) in [4.78, 5) is 27.3. The highest BCUT2D eigenvalue weighted by Gasteiger charge is 2.27. The molecule has 0 bridgehead atoms. The van der Waals surface area contributed by atoms with E-state index in [1.165, 1.54) is 12.1 Å². The standard InChI is InChI=1S/C15H14N4O4/c1-10-4-6-16-15(14(10)19(22)23)17-7-5-11-2-3-13(18(20)21)8-12(11)9-17/h2-4,6,8H,5,7,9H2,1H3. The summed E-state index contributed by atoms with van der Waals surface area (Å²) in [6.07, 6.45) is 2.21. The summed E-state index contributed by atoms with van der Waals surface area (Å²) >= 11 is 0. The lowest BCUT2D eigenvalue weighted by Crippen LogP contribution is -2.31. The molecule has 0 spiro atoms. The van der Waals surface area contributed by atoms with Crippen molar-refractivity contribution in [3.63, 3.8) is 0 Å². The second kappa shape index (κ2) is 5.64. The molecule has 2 heterocycles. The molecule has 3 rings (SSSR count). The number of nitrogens with zero attached hydrogens (tertiary/aromatic N) is 4. The molecule has 23 heavy (non-hydrogen) atoms. The molecule has 0 unspecified atom stereocenters. The first-order valence-electron chi connectivity index (χ1n) is 7.08. The Bertz CT molecular complexity index is 806. The molecule has 0 saturated heterocycles. The molecule has 8 heteroatoms. The Labute approximate surface area is 131 Å². The fraction of sp³-hybridized carbons (Fsp3) is 0.267. The fourth-order valence-electron chi connectivity index (χ4n) is 2.83. The van der Waals surface area contributed by atoms with E-state index >= 15 is 0 Å². The van der Waals surface area contributed by atoms with Gasteiger partial charge in [-0.1, -0.05) is 6.07 Å². The minimum Gasteiger partial charge on any atom is -0.346 e. The molecule has 0 atom stereocenters. The first-order chi connectivity index (χ1) is 11.0. The van der Waals surface area contributed by atoms with Crippen molar-refractivity contribution >= 4 is 17.2 Å². The SMILES string of the molecule is Cc1ccnc(N2CCc3ccc([N+](=O)[O-])cc3C2)c1[N+](=O)[O-]. The van der Waals surface area contributed by atoms with Crippen molar-refractivity contribution in [2.75, 3.05) is 11.4 Å². The van der Waals surface area contributed by atoms with E-state index in [0.717, 1.165) is 11.1 Å². The smallest absolute Gasteiger partial charge is 0.314 e. The summed E-state index contributed by atoms with van der Waals surface area (Å²) in [7, 11) is 0. The molecule has 2 aromatic rings. The zero-order valence-electron chi connectivity index (χ0n) is 12.4. The summed E-state index contributed by atoms with van der Waals surface area (Å²) in [6, 6.07) is 6.37. The van der Waals surface area contributed by atoms with Gasteiger partial charge in [0.1, 0.15) is 0 Å². The van der Waals surface area contributed by atoms with Gasteiger partial charge in [0.25, 0.3) is 5.69 Å². The number of pyridine rings is 1. The molecule has 1 aromatic carbocycles. The number of anilines is 1. The van der Waals surface area contributed by atoms with Crippen molar-refractivity contribution in [1.82, 2.24) is 4.98 Å². The summed E-state index contributed by atoms with van der Waals surface area (Å²) in [5.74, 6) is 0.312.